The lowest BCUT2D eigenvalue weighted by Crippen LogP contribution is -2.40. The van der Waals surface area contributed by atoms with Crippen LogP contribution < -0.4 is 15.2 Å². The summed E-state index contributed by atoms with van der Waals surface area (Å²) < 4.78 is 36.2. The van der Waals surface area contributed by atoms with Crippen molar-refractivity contribution in [3.8, 4) is 11.5 Å². The summed E-state index contributed by atoms with van der Waals surface area (Å²) in [6, 6.07) is 10.4. The molecule has 1 heterocycles. The number of nitrogens with two attached hydrogens (primary N) is 1. The maximum Gasteiger partial charge on any atom is 0.255 e. The van der Waals surface area contributed by atoms with Crippen LogP contribution in [0.5, 0.6) is 11.5 Å². The minimum absolute atomic E-state index is 0.224. The van der Waals surface area contributed by atoms with Gasteiger partial charge in [-0.05, 0) is 36.2 Å². The molecule has 160 valence electrons. The molecular weight excluding hydrogens is 408 g/mol. The number of carbonyl (C=O) groups excluding carboxylic acids is 2. The van der Waals surface area contributed by atoms with Crippen LogP contribution >= 0.6 is 0 Å². The van der Waals surface area contributed by atoms with E-state index in [9.17, 15) is 18.0 Å². The van der Waals surface area contributed by atoms with Gasteiger partial charge in [-0.2, -0.15) is 0 Å². The molecular formula is C21H24N2O6S. The van der Waals surface area contributed by atoms with E-state index < -0.39 is 32.9 Å². The van der Waals surface area contributed by atoms with Gasteiger partial charge in [0.25, 0.3) is 5.91 Å². The fourth-order valence-electron chi connectivity index (χ4n) is 3.69. The summed E-state index contributed by atoms with van der Waals surface area (Å²) in [4.78, 5) is 26.3. The Morgan fingerprint density at radius 2 is 1.90 bits per heavy atom. The molecule has 0 spiro atoms. The number of benzene rings is 2. The molecule has 0 bridgehead atoms. The summed E-state index contributed by atoms with van der Waals surface area (Å²) in [5.74, 6) is -0.284. The van der Waals surface area contributed by atoms with Gasteiger partial charge in [-0.15, -0.1) is 0 Å². The Kier molecular flexibility index (Phi) is 6.02. The fraction of sp³-hybridized carbons (Fsp3) is 0.333. The molecule has 2 unspecified atom stereocenters. The van der Waals surface area contributed by atoms with Crippen molar-refractivity contribution in [1.82, 2.24) is 4.90 Å². The Morgan fingerprint density at radius 3 is 2.50 bits per heavy atom. The lowest BCUT2D eigenvalue weighted by Gasteiger charge is -2.27. The van der Waals surface area contributed by atoms with Crippen molar-refractivity contribution in [2.45, 2.75) is 18.2 Å². The maximum absolute atomic E-state index is 13.0. The zero-order chi connectivity index (χ0) is 22.1. The van der Waals surface area contributed by atoms with Crippen molar-refractivity contribution in [3.05, 3.63) is 59.2 Å². The average molecular weight is 432 g/mol. The Balaban J connectivity index is 2.04. The molecule has 0 aromatic heterocycles. The van der Waals surface area contributed by atoms with Crippen LogP contribution in [-0.4, -0.2) is 51.6 Å². The highest BCUT2D eigenvalue weighted by Crippen LogP contribution is 2.38. The van der Waals surface area contributed by atoms with E-state index >= 15 is 0 Å². The maximum atomic E-state index is 13.0. The van der Waals surface area contributed by atoms with E-state index in [0.29, 0.717) is 34.8 Å². The molecule has 1 aliphatic rings. The summed E-state index contributed by atoms with van der Waals surface area (Å²) in [5, 5.41) is -1.08. The third-order valence-electron chi connectivity index (χ3n) is 5.07. The first-order valence-electron chi connectivity index (χ1n) is 9.37. The lowest BCUT2D eigenvalue weighted by molar-refractivity contribution is -0.122. The van der Waals surface area contributed by atoms with Crippen LogP contribution in [0.3, 0.4) is 0 Å². The van der Waals surface area contributed by atoms with Gasteiger partial charge in [0.2, 0.25) is 5.91 Å². The van der Waals surface area contributed by atoms with Gasteiger partial charge < -0.3 is 20.1 Å². The van der Waals surface area contributed by atoms with Crippen molar-refractivity contribution in [2.24, 2.45) is 5.73 Å². The number of methoxy groups -OCH3 is 1. The Bertz CT molecular complexity index is 1080. The fourth-order valence-corrected chi connectivity index (χ4v) is 4.77. The molecule has 30 heavy (non-hydrogen) atoms. The van der Waals surface area contributed by atoms with Gasteiger partial charge in [-0.1, -0.05) is 24.3 Å². The molecule has 9 heteroatoms. The normalized spacial score (nSPS) is 16.8. The highest BCUT2D eigenvalue weighted by molar-refractivity contribution is 7.91. The molecule has 2 aromatic carbocycles. The van der Waals surface area contributed by atoms with Gasteiger partial charge in [0.15, 0.2) is 21.3 Å². The lowest BCUT2D eigenvalue weighted by atomic mass is 10.0. The SMILES string of the molecule is CCOc1cc(C(CN2C(=O)c3ccccc3C2C(N)=O)S(C)(=O)=O)ccc1OC. The third kappa shape index (κ3) is 3.97. The molecule has 2 N–H and O–H groups in total. The van der Waals surface area contributed by atoms with Gasteiger partial charge in [0.05, 0.1) is 13.7 Å². The van der Waals surface area contributed by atoms with Crippen molar-refractivity contribution in [3.63, 3.8) is 0 Å². The number of carbonyl (C=O) groups is 2. The van der Waals surface area contributed by atoms with E-state index in [4.69, 9.17) is 15.2 Å². The molecule has 0 saturated heterocycles. The number of rotatable bonds is 8. The third-order valence-corrected chi connectivity index (χ3v) is 6.52. The van der Waals surface area contributed by atoms with Gasteiger partial charge in [-0.25, -0.2) is 8.42 Å². The highest BCUT2D eigenvalue weighted by Gasteiger charge is 2.42. The average Bonchev–Trinajstić information content (AvgIpc) is 2.97. The molecule has 8 nitrogen and oxygen atoms in total. The van der Waals surface area contributed by atoms with Crippen LogP contribution in [0.25, 0.3) is 0 Å². The Labute approximate surface area is 175 Å². The van der Waals surface area contributed by atoms with Crippen LogP contribution in [0.2, 0.25) is 0 Å². The van der Waals surface area contributed by atoms with E-state index in [1.54, 1.807) is 49.4 Å². The highest BCUT2D eigenvalue weighted by atomic mass is 32.2. The monoisotopic (exact) mass is 432 g/mol. The van der Waals surface area contributed by atoms with Crippen LogP contribution in [0.1, 0.15) is 39.7 Å². The first kappa shape index (κ1) is 21.6. The zero-order valence-corrected chi connectivity index (χ0v) is 17.8. The van der Waals surface area contributed by atoms with E-state index in [2.05, 4.69) is 0 Å². The summed E-state index contributed by atoms with van der Waals surface area (Å²) in [6.45, 7) is 1.95. The van der Waals surface area contributed by atoms with Crippen molar-refractivity contribution in [1.29, 1.82) is 0 Å². The predicted molar refractivity (Wildman–Crippen MR) is 111 cm³/mol. The summed E-state index contributed by atoms with van der Waals surface area (Å²) >= 11 is 0. The van der Waals surface area contributed by atoms with Gasteiger partial charge in [0, 0.05) is 18.4 Å². The first-order chi connectivity index (χ1) is 14.2. The number of hydrogen-bond acceptors (Lipinski definition) is 6. The molecule has 2 amide bonds. The van der Waals surface area contributed by atoms with E-state index in [1.807, 2.05) is 0 Å². The minimum atomic E-state index is -3.66. The molecule has 2 aromatic rings. The number of hydrogen-bond donors (Lipinski definition) is 1. The molecule has 3 rings (SSSR count). The van der Waals surface area contributed by atoms with Gasteiger partial charge in [-0.3, -0.25) is 9.59 Å². The van der Waals surface area contributed by atoms with Crippen molar-refractivity contribution in [2.75, 3.05) is 26.5 Å². The van der Waals surface area contributed by atoms with Gasteiger partial charge in [0.1, 0.15) is 11.3 Å². The smallest absolute Gasteiger partial charge is 0.255 e. The second kappa shape index (κ2) is 8.35. The van der Waals surface area contributed by atoms with Crippen LogP contribution in [0, 0.1) is 0 Å². The van der Waals surface area contributed by atoms with E-state index in [-0.39, 0.29) is 6.54 Å². The van der Waals surface area contributed by atoms with E-state index in [0.717, 1.165) is 6.26 Å². The summed E-state index contributed by atoms with van der Waals surface area (Å²) in [7, 11) is -2.17. The zero-order valence-electron chi connectivity index (χ0n) is 17.0. The Hall–Kier alpha value is -3.07. The molecule has 0 fully saturated rings. The molecule has 0 saturated carbocycles. The first-order valence-corrected chi connectivity index (χ1v) is 11.3. The van der Waals surface area contributed by atoms with Crippen LogP contribution in [-0.2, 0) is 14.6 Å². The van der Waals surface area contributed by atoms with Crippen molar-refractivity contribution < 1.29 is 27.5 Å². The second-order valence-electron chi connectivity index (χ2n) is 7.01. The second-order valence-corrected chi connectivity index (χ2v) is 9.24. The number of fused-ring (bicyclic) bond motifs is 1. The number of ether oxygens (including phenoxy) is 2. The standard InChI is InChI=1S/C21H24N2O6S/c1-4-29-17-11-13(9-10-16(17)28-2)18(30(3,26)27)12-23-19(20(22)24)14-7-5-6-8-15(14)21(23)25/h5-11,18-19H,4,12H2,1-3H3,(H2,22,24). The number of primary amides is 1. The predicted octanol–water partition coefficient (Wildman–Crippen LogP) is 1.86. The number of sulfone groups is 1. The van der Waals surface area contributed by atoms with Crippen molar-refractivity contribution >= 4 is 21.7 Å². The molecule has 2 atom stereocenters. The summed E-state index contributed by atoms with van der Waals surface area (Å²) in [6.07, 6.45) is 1.09. The van der Waals surface area contributed by atoms with Crippen LogP contribution in [0.4, 0.5) is 0 Å². The van der Waals surface area contributed by atoms with Gasteiger partial charge >= 0.3 is 0 Å². The Morgan fingerprint density at radius 1 is 1.20 bits per heavy atom. The molecule has 1 aliphatic heterocycles. The molecule has 0 aliphatic carbocycles. The van der Waals surface area contributed by atoms with Crippen LogP contribution in [0.15, 0.2) is 42.5 Å². The number of amides is 2. The number of nitrogens with zero attached hydrogens (tertiary/aromatic N) is 1. The summed E-state index contributed by atoms with van der Waals surface area (Å²) in [5.41, 5.74) is 6.82. The largest absolute Gasteiger partial charge is 0.493 e. The quantitative estimate of drug-likeness (QED) is 0.681. The van der Waals surface area contributed by atoms with E-state index in [1.165, 1.54) is 12.0 Å². The molecule has 0 radical (unpaired) electrons. The topological polar surface area (TPSA) is 116 Å². The minimum Gasteiger partial charge on any atom is -0.493 e.